The van der Waals surface area contributed by atoms with Gasteiger partial charge in [0.1, 0.15) is 11.5 Å². The lowest BCUT2D eigenvalue weighted by Crippen LogP contribution is -1.94. The van der Waals surface area contributed by atoms with E-state index in [4.69, 9.17) is 0 Å². The molecule has 3 rings (SSSR count). The molecular weight excluding hydrogens is 320 g/mol. The van der Waals surface area contributed by atoms with Crippen LogP contribution in [0.4, 0.5) is 0 Å². The average molecular weight is 346 g/mol. The normalized spacial score (nSPS) is 10.8. The minimum atomic E-state index is 0.394. The fourth-order valence-corrected chi connectivity index (χ4v) is 3.35. The summed E-state index contributed by atoms with van der Waals surface area (Å²) in [4.78, 5) is 0. The second kappa shape index (κ2) is 9.10. The Kier molecular flexibility index (Phi) is 6.32. The number of benzene rings is 3. The van der Waals surface area contributed by atoms with Crippen LogP contribution < -0.4 is 0 Å². The zero-order valence-electron chi connectivity index (χ0n) is 15.1. The minimum absolute atomic E-state index is 0.394. The molecule has 0 aliphatic carbocycles. The molecule has 0 spiro atoms. The molecule has 0 aliphatic heterocycles. The third-order valence-corrected chi connectivity index (χ3v) is 4.80. The molecule has 0 aliphatic rings. The number of aromatic hydroxyl groups is 2. The zero-order valence-corrected chi connectivity index (χ0v) is 15.1. The van der Waals surface area contributed by atoms with E-state index in [-0.39, 0.29) is 0 Å². The van der Waals surface area contributed by atoms with E-state index in [9.17, 15) is 10.2 Å². The molecule has 0 atom stereocenters. The maximum Gasteiger partial charge on any atom is 0.118 e. The van der Waals surface area contributed by atoms with E-state index in [1.165, 1.54) is 11.1 Å². The van der Waals surface area contributed by atoms with E-state index in [0.29, 0.717) is 11.5 Å². The van der Waals surface area contributed by atoms with Crippen LogP contribution >= 0.6 is 0 Å². The number of aryl methyl sites for hydroxylation is 4. The Morgan fingerprint density at radius 3 is 1.42 bits per heavy atom. The van der Waals surface area contributed by atoms with Crippen molar-refractivity contribution in [1.82, 2.24) is 0 Å². The topological polar surface area (TPSA) is 40.5 Å². The molecular formula is C24H26O2. The minimum Gasteiger partial charge on any atom is -0.508 e. The van der Waals surface area contributed by atoms with Crippen molar-refractivity contribution < 1.29 is 10.2 Å². The maximum atomic E-state index is 9.84. The smallest absolute Gasteiger partial charge is 0.118 e. The third kappa shape index (κ3) is 5.13. The van der Waals surface area contributed by atoms with Crippen LogP contribution in [0.2, 0.25) is 0 Å². The van der Waals surface area contributed by atoms with E-state index in [2.05, 4.69) is 24.3 Å². The largest absolute Gasteiger partial charge is 0.508 e. The van der Waals surface area contributed by atoms with Gasteiger partial charge >= 0.3 is 0 Å². The third-order valence-electron chi connectivity index (χ3n) is 4.80. The first-order valence-electron chi connectivity index (χ1n) is 9.34. The van der Waals surface area contributed by atoms with Gasteiger partial charge in [0.2, 0.25) is 0 Å². The molecule has 0 fully saturated rings. The monoisotopic (exact) mass is 346 g/mol. The van der Waals surface area contributed by atoms with Crippen molar-refractivity contribution in [3.05, 3.63) is 95.1 Å². The Morgan fingerprint density at radius 1 is 0.500 bits per heavy atom. The Hall–Kier alpha value is -2.74. The summed E-state index contributed by atoms with van der Waals surface area (Å²) in [5, 5.41) is 19.7. The van der Waals surface area contributed by atoms with Crippen molar-refractivity contribution >= 4 is 0 Å². The van der Waals surface area contributed by atoms with Crippen LogP contribution in [0.15, 0.2) is 72.8 Å². The number of hydrogen-bond donors (Lipinski definition) is 2. The van der Waals surface area contributed by atoms with E-state index in [1.54, 1.807) is 12.1 Å². The number of rotatable bonds is 8. The van der Waals surface area contributed by atoms with Crippen molar-refractivity contribution in [3.63, 3.8) is 0 Å². The highest BCUT2D eigenvalue weighted by Crippen LogP contribution is 2.20. The predicted octanol–water partition coefficient (Wildman–Crippen LogP) is 5.45. The summed E-state index contributed by atoms with van der Waals surface area (Å²) in [6.45, 7) is 0. The fourth-order valence-electron chi connectivity index (χ4n) is 3.35. The van der Waals surface area contributed by atoms with Crippen LogP contribution in [0.1, 0.15) is 35.1 Å². The highest BCUT2D eigenvalue weighted by Gasteiger charge is 2.03. The van der Waals surface area contributed by atoms with Crippen LogP contribution in [0.25, 0.3) is 0 Å². The van der Waals surface area contributed by atoms with Crippen molar-refractivity contribution in [2.45, 2.75) is 38.5 Å². The van der Waals surface area contributed by atoms with Gasteiger partial charge in [-0.1, -0.05) is 60.7 Å². The molecule has 2 N–H and O–H groups in total. The highest BCUT2D eigenvalue weighted by molar-refractivity contribution is 5.33. The van der Waals surface area contributed by atoms with E-state index < -0.39 is 0 Å². The van der Waals surface area contributed by atoms with Crippen LogP contribution in [0.5, 0.6) is 11.5 Å². The summed E-state index contributed by atoms with van der Waals surface area (Å²) in [5.41, 5.74) is 4.73. The molecule has 0 amide bonds. The summed E-state index contributed by atoms with van der Waals surface area (Å²) < 4.78 is 0. The Bertz CT molecular complexity index is 772. The van der Waals surface area contributed by atoms with Crippen LogP contribution in [0, 0.1) is 0 Å². The molecule has 2 nitrogen and oxygen atoms in total. The quantitative estimate of drug-likeness (QED) is 0.569. The summed E-state index contributed by atoms with van der Waals surface area (Å²) in [7, 11) is 0. The zero-order chi connectivity index (χ0) is 18.2. The number of hydrogen-bond acceptors (Lipinski definition) is 2. The van der Waals surface area contributed by atoms with Gasteiger partial charge in [-0.05, 0) is 72.9 Å². The Labute approximate surface area is 155 Å². The first-order valence-corrected chi connectivity index (χ1v) is 9.34. The predicted molar refractivity (Wildman–Crippen MR) is 107 cm³/mol. The molecule has 2 heteroatoms. The molecule has 3 aromatic rings. The van der Waals surface area contributed by atoms with Gasteiger partial charge in [-0.3, -0.25) is 0 Å². The van der Waals surface area contributed by atoms with Crippen LogP contribution in [-0.2, 0) is 25.7 Å². The van der Waals surface area contributed by atoms with Gasteiger partial charge in [0.15, 0.2) is 0 Å². The second-order valence-electron chi connectivity index (χ2n) is 6.78. The Morgan fingerprint density at radius 2 is 0.962 bits per heavy atom. The number of para-hydroxylation sites is 2. The summed E-state index contributed by atoms with van der Waals surface area (Å²) >= 11 is 0. The SMILES string of the molecule is Oc1ccccc1CCCc1cccc(CCCc2ccccc2O)c1. The van der Waals surface area contributed by atoms with Gasteiger partial charge < -0.3 is 10.2 Å². The van der Waals surface area contributed by atoms with Gasteiger partial charge in [-0.25, -0.2) is 0 Å². The molecule has 0 saturated carbocycles. The molecule has 0 saturated heterocycles. The van der Waals surface area contributed by atoms with E-state index in [0.717, 1.165) is 49.7 Å². The van der Waals surface area contributed by atoms with Gasteiger partial charge in [0, 0.05) is 0 Å². The molecule has 134 valence electrons. The first-order chi connectivity index (χ1) is 12.7. The lowest BCUT2D eigenvalue weighted by Gasteiger charge is -2.08. The van der Waals surface area contributed by atoms with Crippen LogP contribution in [0.3, 0.4) is 0 Å². The number of phenols is 2. The van der Waals surface area contributed by atoms with Gasteiger partial charge in [-0.2, -0.15) is 0 Å². The van der Waals surface area contributed by atoms with Gasteiger partial charge in [0.05, 0.1) is 0 Å². The van der Waals surface area contributed by atoms with Crippen molar-refractivity contribution in [3.8, 4) is 11.5 Å². The molecule has 0 aromatic heterocycles. The standard InChI is InChI=1S/C24H26O2/c25-23-16-3-1-12-21(23)14-6-10-19-8-5-9-20(18-19)11-7-15-22-13-2-4-17-24(22)26/h1-5,8-9,12-13,16-18,25-26H,6-7,10-11,14-15H2. The maximum absolute atomic E-state index is 9.84. The average Bonchev–Trinajstić information content (AvgIpc) is 2.65. The van der Waals surface area contributed by atoms with Gasteiger partial charge in [0.25, 0.3) is 0 Å². The molecule has 0 unspecified atom stereocenters. The lowest BCUT2D eigenvalue weighted by molar-refractivity contribution is 0.466. The van der Waals surface area contributed by atoms with Crippen molar-refractivity contribution in [1.29, 1.82) is 0 Å². The first kappa shape index (κ1) is 18.1. The van der Waals surface area contributed by atoms with E-state index in [1.807, 2.05) is 36.4 Å². The summed E-state index contributed by atoms with van der Waals surface area (Å²) in [5.74, 6) is 0.788. The molecule has 26 heavy (non-hydrogen) atoms. The van der Waals surface area contributed by atoms with Crippen molar-refractivity contribution in [2.75, 3.05) is 0 Å². The molecule has 0 radical (unpaired) electrons. The van der Waals surface area contributed by atoms with Crippen molar-refractivity contribution in [2.24, 2.45) is 0 Å². The summed E-state index contributed by atoms with van der Waals surface area (Å²) in [6.07, 6.45) is 5.87. The summed E-state index contributed by atoms with van der Waals surface area (Å²) in [6, 6.07) is 23.9. The Balaban J connectivity index is 1.48. The molecule has 3 aromatic carbocycles. The lowest BCUT2D eigenvalue weighted by atomic mass is 9.99. The molecule has 0 bridgehead atoms. The second-order valence-corrected chi connectivity index (χ2v) is 6.78. The van der Waals surface area contributed by atoms with E-state index >= 15 is 0 Å². The van der Waals surface area contributed by atoms with Gasteiger partial charge in [-0.15, -0.1) is 0 Å². The molecule has 0 heterocycles. The fraction of sp³-hybridized carbons (Fsp3) is 0.250. The van der Waals surface area contributed by atoms with Crippen LogP contribution in [-0.4, -0.2) is 10.2 Å². The highest BCUT2D eigenvalue weighted by atomic mass is 16.3. The number of phenolic OH excluding ortho intramolecular Hbond substituents is 2.